The average Bonchev–Trinajstić information content (AvgIpc) is 3.20. The fraction of sp³-hybridized carbons (Fsp3) is 0.409. The number of hydrogen-bond acceptors (Lipinski definition) is 4. The van der Waals surface area contributed by atoms with E-state index in [1.165, 1.54) is 0 Å². The number of likely N-dealkylation sites (tertiary alicyclic amines) is 1. The van der Waals surface area contributed by atoms with Gasteiger partial charge in [-0.1, -0.05) is 35.9 Å². The largest absolute Gasteiger partial charge is 0.476 e. The van der Waals surface area contributed by atoms with Crippen molar-refractivity contribution in [1.29, 1.82) is 0 Å². The maximum atomic E-state index is 9.77. The van der Waals surface area contributed by atoms with Crippen molar-refractivity contribution in [3.63, 3.8) is 0 Å². The molecule has 0 spiro atoms. The molecular weight excluding hydrogens is 374 g/mol. The number of aromatic nitrogens is 2. The van der Waals surface area contributed by atoms with Gasteiger partial charge in [-0.05, 0) is 49.6 Å². The highest BCUT2D eigenvalue weighted by Gasteiger charge is 2.26. The molecule has 1 aromatic heterocycles. The summed E-state index contributed by atoms with van der Waals surface area (Å²) < 4.78 is 8.02. The third-order valence-corrected chi connectivity index (χ3v) is 5.63. The van der Waals surface area contributed by atoms with Gasteiger partial charge in [0.2, 0.25) is 5.88 Å². The maximum absolute atomic E-state index is 9.77. The van der Waals surface area contributed by atoms with Crippen LogP contribution >= 0.6 is 11.6 Å². The molecule has 1 aliphatic heterocycles. The third-order valence-electron chi connectivity index (χ3n) is 5.38. The molecule has 0 bridgehead atoms. The molecule has 0 amide bonds. The average molecular weight is 400 g/mol. The second-order valence-corrected chi connectivity index (χ2v) is 7.98. The lowest BCUT2D eigenvalue weighted by atomic mass is 10.2. The van der Waals surface area contributed by atoms with Crippen molar-refractivity contribution in [2.24, 2.45) is 0 Å². The summed E-state index contributed by atoms with van der Waals surface area (Å²) in [6, 6.07) is 16.4. The topological polar surface area (TPSA) is 50.5 Å². The molecule has 148 valence electrons. The number of nitrogens with zero attached hydrogens (tertiary/aromatic N) is 3. The molecule has 1 unspecified atom stereocenters. The Morgan fingerprint density at radius 1 is 1.18 bits per heavy atom. The second kappa shape index (κ2) is 8.52. The number of hydrogen-bond donors (Lipinski definition) is 1. The van der Waals surface area contributed by atoms with Gasteiger partial charge in [-0.25, -0.2) is 0 Å². The van der Waals surface area contributed by atoms with Crippen LogP contribution in [0.4, 0.5) is 0 Å². The Labute approximate surface area is 170 Å². The zero-order valence-electron chi connectivity index (χ0n) is 16.1. The molecule has 2 atom stereocenters. The van der Waals surface area contributed by atoms with Gasteiger partial charge in [0.25, 0.3) is 0 Å². The van der Waals surface area contributed by atoms with Gasteiger partial charge < -0.3 is 9.84 Å². The van der Waals surface area contributed by atoms with Crippen molar-refractivity contribution >= 4 is 22.5 Å². The van der Waals surface area contributed by atoms with E-state index in [1.807, 2.05) is 41.1 Å². The molecule has 28 heavy (non-hydrogen) atoms. The van der Waals surface area contributed by atoms with Crippen LogP contribution in [0.3, 0.4) is 0 Å². The number of aliphatic hydroxyl groups is 1. The van der Waals surface area contributed by atoms with Crippen LogP contribution in [0.1, 0.15) is 25.3 Å². The molecule has 3 aromatic rings. The van der Waals surface area contributed by atoms with E-state index in [-0.39, 0.29) is 6.10 Å². The van der Waals surface area contributed by atoms with Gasteiger partial charge in [0.1, 0.15) is 0 Å². The number of fused-ring (bicyclic) bond motifs is 1. The summed E-state index contributed by atoms with van der Waals surface area (Å²) in [5, 5.41) is 16.2. The summed E-state index contributed by atoms with van der Waals surface area (Å²) >= 11 is 5.99. The standard InChI is InChI=1S/C22H26ClN3O2/c1-16-13-19(27)15-25(16)11-4-12-28-22-20-5-2-3-6-21(20)26(24-22)14-17-7-9-18(23)10-8-17/h2-3,5-10,16,19,27H,4,11-15H2,1H3/t16-,19?/m1/s1. The molecular formula is C22H26ClN3O2. The van der Waals surface area contributed by atoms with Gasteiger partial charge >= 0.3 is 0 Å². The zero-order valence-corrected chi connectivity index (χ0v) is 16.8. The highest BCUT2D eigenvalue weighted by Crippen LogP contribution is 2.26. The monoisotopic (exact) mass is 399 g/mol. The van der Waals surface area contributed by atoms with E-state index in [2.05, 4.69) is 24.0 Å². The number of rotatable bonds is 7. The van der Waals surface area contributed by atoms with Crippen LogP contribution in [0, 0.1) is 0 Å². The summed E-state index contributed by atoms with van der Waals surface area (Å²) in [4.78, 5) is 2.32. The van der Waals surface area contributed by atoms with Crippen LogP contribution in [-0.4, -0.2) is 51.6 Å². The number of ether oxygens (including phenoxy) is 1. The zero-order chi connectivity index (χ0) is 19.5. The Hall–Kier alpha value is -2.08. The Kier molecular flexibility index (Phi) is 5.85. The van der Waals surface area contributed by atoms with Gasteiger partial charge in [0.05, 0.1) is 30.2 Å². The van der Waals surface area contributed by atoms with E-state index < -0.39 is 0 Å². The van der Waals surface area contributed by atoms with Gasteiger partial charge in [-0.2, -0.15) is 0 Å². The van der Waals surface area contributed by atoms with Crippen LogP contribution in [-0.2, 0) is 6.54 Å². The predicted molar refractivity (Wildman–Crippen MR) is 112 cm³/mol. The molecule has 1 saturated heterocycles. The lowest BCUT2D eigenvalue weighted by Crippen LogP contribution is -2.29. The fourth-order valence-corrected chi connectivity index (χ4v) is 4.03. The molecule has 2 heterocycles. The smallest absolute Gasteiger partial charge is 0.240 e. The number of para-hydroxylation sites is 1. The molecule has 4 rings (SSSR count). The van der Waals surface area contributed by atoms with E-state index in [1.54, 1.807) is 0 Å². The van der Waals surface area contributed by atoms with E-state index in [0.29, 0.717) is 25.1 Å². The van der Waals surface area contributed by atoms with E-state index in [9.17, 15) is 5.11 Å². The predicted octanol–water partition coefficient (Wildman–Crippen LogP) is 3.96. The first-order valence-electron chi connectivity index (χ1n) is 9.85. The van der Waals surface area contributed by atoms with Crippen molar-refractivity contribution in [2.75, 3.05) is 19.7 Å². The van der Waals surface area contributed by atoms with Crippen molar-refractivity contribution in [1.82, 2.24) is 14.7 Å². The third kappa shape index (κ3) is 4.32. The van der Waals surface area contributed by atoms with Crippen molar-refractivity contribution in [2.45, 2.75) is 38.5 Å². The van der Waals surface area contributed by atoms with E-state index in [4.69, 9.17) is 21.4 Å². The quantitative estimate of drug-likeness (QED) is 0.611. The van der Waals surface area contributed by atoms with Crippen LogP contribution in [0.2, 0.25) is 5.02 Å². The van der Waals surface area contributed by atoms with Crippen molar-refractivity contribution < 1.29 is 9.84 Å². The summed E-state index contributed by atoms with van der Waals surface area (Å²) in [5.41, 5.74) is 2.20. The van der Waals surface area contributed by atoms with E-state index >= 15 is 0 Å². The first-order valence-corrected chi connectivity index (χ1v) is 10.2. The lowest BCUT2D eigenvalue weighted by Gasteiger charge is -2.20. The SMILES string of the molecule is C[C@@H]1CC(O)CN1CCCOc1nn(Cc2ccc(Cl)cc2)c2ccccc12. The van der Waals surface area contributed by atoms with Gasteiger partial charge in [0, 0.05) is 24.2 Å². The molecule has 6 heteroatoms. The molecule has 0 aliphatic carbocycles. The fourth-order valence-electron chi connectivity index (χ4n) is 3.90. The number of benzene rings is 2. The molecule has 2 aromatic carbocycles. The second-order valence-electron chi connectivity index (χ2n) is 7.54. The highest BCUT2D eigenvalue weighted by molar-refractivity contribution is 6.30. The Morgan fingerprint density at radius 3 is 2.71 bits per heavy atom. The van der Waals surface area contributed by atoms with Crippen molar-refractivity contribution in [3.8, 4) is 5.88 Å². The molecule has 0 radical (unpaired) electrons. The van der Waals surface area contributed by atoms with Crippen LogP contribution in [0.15, 0.2) is 48.5 Å². The maximum Gasteiger partial charge on any atom is 0.240 e. The minimum atomic E-state index is -0.191. The Bertz CT molecular complexity index is 925. The van der Waals surface area contributed by atoms with Gasteiger partial charge in [0.15, 0.2) is 0 Å². The summed E-state index contributed by atoms with van der Waals surface area (Å²) in [6.07, 6.45) is 1.58. The molecule has 5 nitrogen and oxygen atoms in total. The molecule has 1 fully saturated rings. The van der Waals surface area contributed by atoms with Crippen LogP contribution in [0.25, 0.3) is 10.9 Å². The van der Waals surface area contributed by atoms with Crippen molar-refractivity contribution in [3.05, 3.63) is 59.1 Å². The first kappa shape index (κ1) is 19.2. The van der Waals surface area contributed by atoms with Gasteiger partial charge in [-0.15, -0.1) is 5.10 Å². The number of halogens is 1. The molecule has 0 saturated carbocycles. The molecule has 1 N–H and O–H groups in total. The lowest BCUT2D eigenvalue weighted by molar-refractivity contribution is 0.170. The summed E-state index contributed by atoms with van der Waals surface area (Å²) in [5.74, 6) is 0.680. The Morgan fingerprint density at radius 2 is 1.96 bits per heavy atom. The molecule has 1 aliphatic rings. The van der Waals surface area contributed by atoms with Crippen LogP contribution in [0.5, 0.6) is 5.88 Å². The summed E-state index contributed by atoms with van der Waals surface area (Å²) in [7, 11) is 0. The van der Waals surface area contributed by atoms with E-state index in [0.717, 1.165) is 47.4 Å². The minimum absolute atomic E-state index is 0.191. The first-order chi connectivity index (χ1) is 13.6. The number of aliphatic hydroxyl groups excluding tert-OH is 1. The van der Waals surface area contributed by atoms with Crippen LogP contribution < -0.4 is 4.74 Å². The minimum Gasteiger partial charge on any atom is -0.476 e. The summed E-state index contributed by atoms with van der Waals surface area (Å²) in [6.45, 7) is 5.15. The Balaban J connectivity index is 1.42. The highest BCUT2D eigenvalue weighted by atomic mass is 35.5. The normalized spacial score (nSPS) is 20.1. The number of β-amino-alcohol motifs (C(OH)–C–C–N with tert-alkyl or cyclic N) is 1. The van der Waals surface area contributed by atoms with Gasteiger partial charge in [-0.3, -0.25) is 9.58 Å².